The van der Waals surface area contributed by atoms with Gasteiger partial charge in [-0.3, -0.25) is 9.59 Å². The summed E-state index contributed by atoms with van der Waals surface area (Å²) in [7, 11) is -4.16. The Labute approximate surface area is 236 Å². The van der Waals surface area contributed by atoms with Crippen LogP contribution in [0.5, 0.6) is 0 Å². The first kappa shape index (κ1) is 31.9. The molecule has 6 N–H and O–H groups in total. The lowest BCUT2D eigenvalue weighted by Gasteiger charge is -2.20. The normalized spacial score (nSPS) is 12.9. The summed E-state index contributed by atoms with van der Waals surface area (Å²) in [6.45, 7) is 1.99. The third kappa shape index (κ3) is 9.49. The molecule has 0 saturated heterocycles. The predicted molar refractivity (Wildman–Crippen MR) is 147 cm³/mol. The van der Waals surface area contributed by atoms with Crippen molar-refractivity contribution in [1.82, 2.24) is 5.32 Å². The van der Waals surface area contributed by atoms with Crippen molar-refractivity contribution in [3.05, 3.63) is 88.5 Å². The summed E-state index contributed by atoms with van der Waals surface area (Å²) < 4.78 is 37.2. The van der Waals surface area contributed by atoms with Gasteiger partial charge in [-0.15, -0.1) is 0 Å². The van der Waals surface area contributed by atoms with Crippen molar-refractivity contribution in [1.29, 1.82) is 0 Å². The van der Waals surface area contributed by atoms with E-state index in [1.54, 1.807) is 6.07 Å². The number of hydrogen-bond donors (Lipinski definition) is 6. The number of carbonyl (C=O) groups is 2. The lowest BCUT2D eigenvalue weighted by molar-refractivity contribution is -0.138. The lowest BCUT2D eigenvalue weighted by Crippen LogP contribution is -2.42. The standard InChI is InChI=1S/C15H15B2FO4.C11H13BFNO5/c1-10-2-4-14-11(6-10)8-21-17(20)15-5-3-13(18)7-12(15)9-22-16(14)19;13-8-2-1-7(9(5-8)12(18)19)6-14-10(15)3-4-11(16)17/h2-7,19-20H,8-9H2,1H3;1-2,5,18-19H,3-4,6H2,(H,14,15)(H,16,17). The van der Waals surface area contributed by atoms with E-state index in [9.17, 15) is 28.4 Å². The van der Waals surface area contributed by atoms with Gasteiger partial charge in [-0.25, -0.2) is 8.78 Å². The molecular formula is C26H28B3F2NO9. The quantitative estimate of drug-likeness (QED) is 0.210. The van der Waals surface area contributed by atoms with Crippen LogP contribution in [0.1, 0.15) is 35.1 Å². The van der Waals surface area contributed by atoms with Crippen LogP contribution in [-0.2, 0) is 38.7 Å². The molecule has 0 spiro atoms. The fourth-order valence-corrected chi connectivity index (χ4v) is 4.03. The minimum atomic E-state index is -1.85. The molecule has 1 aliphatic heterocycles. The van der Waals surface area contributed by atoms with Crippen LogP contribution < -0.4 is 21.7 Å². The molecule has 41 heavy (non-hydrogen) atoms. The van der Waals surface area contributed by atoms with Gasteiger partial charge in [0.15, 0.2) is 0 Å². The highest BCUT2D eigenvalue weighted by Crippen LogP contribution is 2.11. The summed E-state index contributed by atoms with van der Waals surface area (Å²) in [6.07, 6.45) is -0.460. The minimum Gasteiger partial charge on any atom is -0.481 e. The van der Waals surface area contributed by atoms with Gasteiger partial charge < -0.3 is 39.8 Å². The Morgan fingerprint density at radius 1 is 0.878 bits per heavy atom. The molecule has 0 aromatic heterocycles. The molecule has 0 saturated carbocycles. The van der Waals surface area contributed by atoms with E-state index < -0.39 is 44.9 Å². The first-order chi connectivity index (χ1) is 19.4. The Morgan fingerprint density at radius 2 is 1.44 bits per heavy atom. The van der Waals surface area contributed by atoms with E-state index in [4.69, 9.17) is 24.5 Å². The first-order valence-corrected chi connectivity index (χ1v) is 12.5. The third-order valence-corrected chi connectivity index (χ3v) is 6.16. The van der Waals surface area contributed by atoms with Crippen molar-refractivity contribution < 1.29 is 52.9 Å². The van der Waals surface area contributed by atoms with Crippen LogP contribution in [-0.4, -0.2) is 58.4 Å². The van der Waals surface area contributed by atoms with Gasteiger partial charge >= 0.3 is 27.3 Å². The van der Waals surface area contributed by atoms with Crippen molar-refractivity contribution >= 4 is 49.6 Å². The van der Waals surface area contributed by atoms with Crippen molar-refractivity contribution in [2.45, 2.75) is 39.5 Å². The number of amides is 1. The number of nitrogens with one attached hydrogen (secondary N) is 1. The molecule has 4 rings (SSSR count). The van der Waals surface area contributed by atoms with Gasteiger partial charge in [0.1, 0.15) is 11.6 Å². The molecule has 0 bridgehead atoms. The van der Waals surface area contributed by atoms with E-state index in [0.717, 1.165) is 23.3 Å². The third-order valence-electron chi connectivity index (χ3n) is 6.16. The van der Waals surface area contributed by atoms with Crippen molar-refractivity contribution in [3.63, 3.8) is 0 Å². The van der Waals surface area contributed by atoms with E-state index in [1.165, 1.54) is 24.3 Å². The van der Waals surface area contributed by atoms with Crippen molar-refractivity contribution in [3.8, 4) is 0 Å². The Kier molecular flexibility index (Phi) is 11.6. The Bertz CT molecular complexity index is 1320. The number of carboxylic acids is 1. The molecule has 0 aliphatic carbocycles. The second-order valence-electron chi connectivity index (χ2n) is 9.26. The lowest BCUT2D eigenvalue weighted by atomic mass is 9.73. The molecule has 0 unspecified atom stereocenters. The molecule has 3 aromatic carbocycles. The molecule has 1 aliphatic rings. The average molecular weight is 569 g/mol. The molecule has 0 fully saturated rings. The van der Waals surface area contributed by atoms with E-state index in [1.807, 2.05) is 19.1 Å². The average Bonchev–Trinajstić information content (AvgIpc) is 2.92. The first-order valence-electron chi connectivity index (χ1n) is 12.5. The van der Waals surface area contributed by atoms with Crippen LogP contribution in [0.4, 0.5) is 8.78 Å². The number of aryl methyl sites for hydroxylation is 1. The summed E-state index contributed by atoms with van der Waals surface area (Å²) in [4.78, 5) is 21.6. The van der Waals surface area contributed by atoms with Crippen LogP contribution >= 0.6 is 0 Å². The molecule has 15 heteroatoms. The van der Waals surface area contributed by atoms with Gasteiger partial charge in [-0.1, -0.05) is 35.9 Å². The second-order valence-corrected chi connectivity index (χ2v) is 9.26. The molecule has 0 radical (unpaired) electrons. The summed E-state index contributed by atoms with van der Waals surface area (Å²) in [6, 6.07) is 12.9. The molecule has 214 valence electrons. The van der Waals surface area contributed by atoms with Gasteiger partial charge in [0, 0.05) is 13.0 Å². The van der Waals surface area contributed by atoms with Crippen molar-refractivity contribution in [2.75, 3.05) is 0 Å². The smallest absolute Gasteiger partial charge is 0.481 e. The summed E-state index contributed by atoms with van der Waals surface area (Å²) in [5.41, 5.74) is 3.53. The molecule has 1 heterocycles. The van der Waals surface area contributed by atoms with Crippen LogP contribution in [0.25, 0.3) is 0 Å². The van der Waals surface area contributed by atoms with Gasteiger partial charge in [-0.05, 0) is 64.3 Å². The Hall–Kier alpha value is -3.59. The highest BCUT2D eigenvalue weighted by Gasteiger charge is 2.27. The van der Waals surface area contributed by atoms with Crippen LogP contribution in [0.15, 0.2) is 54.6 Å². The molecule has 3 aromatic rings. The largest absolute Gasteiger partial charge is 0.491 e. The zero-order chi connectivity index (χ0) is 30.1. The number of carboxylic acid groups (broad SMARTS) is 1. The number of aliphatic carboxylic acids is 1. The SMILES string of the molecule is Cc1ccc2c(c1)COB(O)c1ccc(F)cc1COB2O.O=C(O)CCC(=O)NCc1ccc(F)cc1B(O)O. The topological polar surface area (TPSA) is 166 Å². The van der Waals surface area contributed by atoms with E-state index >= 15 is 0 Å². The second kappa shape index (κ2) is 14.9. The Balaban J connectivity index is 0.000000229. The molecular weight excluding hydrogens is 541 g/mol. The number of benzene rings is 3. The summed E-state index contributed by atoms with van der Waals surface area (Å²) in [5, 5.41) is 49.3. The monoisotopic (exact) mass is 569 g/mol. The fraction of sp³-hybridized carbons (Fsp3) is 0.231. The fourth-order valence-electron chi connectivity index (χ4n) is 4.03. The predicted octanol–water partition coefficient (Wildman–Crippen LogP) is -0.757. The zero-order valence-electron chi connectivity index (χ0n) is 22.1. The highest BCUT2D eigenvalue weighted by molar-refractivity contribution is 6.62. The maximum atomic E-state index is 13.4. The van der Waals surface area contributed by atoms with Crippen LogP contribution in [0, 0.1) is 18.6 Å². The van der Waals surface area contributed by atoms with Crippen LogP contribution in [0.3, 0.4) is 0 Å². The molecule has 10 nitrogen and oxygen atoms in total. The summed E-state index contributed by atoms with van der Waals surface area (Å²) in [5.74, 6) is -2.62. The van der Waals surface area contributed by atoms with Gasteiger partial charge in [-0.2, -0.15) is 0 Å². The number of halogens is 2. The number of hydrogen-bond acceptors (Lipinski definition) is 8. The molecule has 0 atom stereocenters. The minimum absolute atomic E-state index is 0.0258. The van der Waals surface area contributed by atoms with Gasteiger partial charge in [0.05, 0.1) is 19.6 Å². The number of rotatable bonds is 6. The summed E-state index contributed by atoms with van der Waals surface area (Å²) >= 11 is 0. The highest BCUT2D eigenvalue weighted by atomic mass is 19.1. The van der Waals surface area contributed by atoms with Crippen molar-refractivity contribution in [2.24, 2.45) is 0 Å². The van der Waals surface area contributed by atoms with Gasteiger partial charge in [0.25, 0.3) is 0 Å². The Morgan fingerprint density at radius 3 is 2.05 bits per heavy atom. The maximum Gasteiger partial charge on any atom is 0.491 e. The number of fused-ring (bicyclic) bond motifs is 2. The van der Waals surface area contributed by atoms with Crippen LogP contribution in [0.2, 0.25) is 0 Å². The van der Waals surface area contributed by atoms with E-state index in [-0.39, 0.29) is 38.1 Å². The number of carbonyl (C=O) groups excluding carboxylic acids is 1. The molecule has 1 amide bonds. The maximum absolute atomic E-state index is 13.4. The zero-order valence-corrected chi connectivity index (χ0v) is 22.1. The van der Waals surface area contributed by atoms with E-state index in [2.05, 4.69) is 5.32 Å². The van der Waals surface area contributed by atoms with E-state index in [0.29, 0.717) is 22.1 Å². The van der Waals surface area contributed by atoms with Gasteiger partial charge in [0.2, 0.25) is 5.91 Å².